The van der Waals surface area contributed by atoms with E-state index in [2.05, 4.69) is 18.7 Å². The number of hydrogen-bond donors (Lipinski definition) is 2. The summed E-state index contributed by atoms with van der Waals surface area (Å²) >= 11 is 0. The Labute approximate surface area is 93.5 Å². The number of nitrogens with two attached hydrogens (primary N) is 1. The summed E-state index contributed by atoms with van der Waals surface area (Å²) in [6.07, 6.45) is 5.83. The lowest BCUT2D eigenvalue weighted by Crippen LogP contribution is -2.43. The second-order valence-corrected chi connectivity index (χ2v) is 4.70. The van der Waals surface area contributed by atoms with Gasteiger partial charge in [0.15, 0.2) is 0 Å². The molecule has 0 bridgehead atoms. The van der Waals surface area contributed by atoms with Gasteiger partial charge in [-0.25, -0.2) is 0 Å². The van der Waals surface area contributed by atoms with E-state index >= 15 is 0 Å². The van der Waals surface area contributed by atoms with Gasteiger partial charge in [0.25, 0.3) is 0 Å². The summed E-state index contributed by atoms with van der Waals surface area (Å²) < 4.78 is 0. The Morgan fingerprint density at radius 3 is 2.80 bits per heavy atom. The molecule has 0 amide bonds. The highest BCUT2D eigenvalue weighted by molar-refractivity contribution is 5.77. The average molecular weight is 211 g/mol. The van der Waals surface area contributed by atoms with Crippen LogP contribution in [0.2, 0.25) is 0 Å². The van der Waals surface area contributed by atoms with Crippen molar-refractivity contribution < 1.29 is 0 Å². The third kappa shape index (κ3) is 3.82. The first kappa shape index (κ1) is 12.5. The van der Waals surface area contributed by atoms with Crippen molar-refractivity contribution in [3.05, 3.63) is 0 Å². The number of likely N-dealkylation sites (tertiary alicyclic amines) is 1. The quantitative estimate of drug-likeness (QED) is 0.541. The molecule has 1 aliphatic heterocycles. The summed E-state index contributed by atoms with van der Waals surface area (Å²) in [4.78, 5) is 2.54. The second kappa shape index (κ2) is 6.11. The Morgan fingerprint density at radius 1 is 1.53 bits per heavy atom. The van der Waals surface area contributed by atoms with Crippen molar-refractivity contribution in [2.24, 2.45) is 11.7 Å². The fraction of sp³-hybridized carbons (Fsp3) is 0.917. The zero-order chi connectivity index (χ0) is 11.3. The first-order valence-corrected chi connectivity index (χ1v) is 6.24. The minimum absolute atomic E-state index is 0.334. The van der Waals surface area contributed by atoms with Crippen molar-refractivity contribution in [3.8, 4) is 0 Å². The maximum atomic E-state index is 7.39. The van der Waals surface area contributed by atoms with Crippen molar-refractivity contribution in [1.82, 2.24) is 4.90 Å². The lowest BCUT2D eigenvalue weighted by Gasteiger charge is -2.37. The minimum atomic E-state index is 0.334. The highest BCUT2D eigenvalue weighted by Gasteiger charge is 2.24. The molecule has 15 heavy (non-hydrogen) atoms. The summed E-state index contributed by atoms with van der Waals surface area (Å²) in [6, 6.07) is 0.497. The predicted octanol–water partition coefficient (Wildman–Crippen LogP) is 2.21. The van der Waals surface area contributed by atoms with Crippen LogP contribution in [0.4, 0.5) is 0 Å². The molecule has 88 valence electrons. The number of nitrogens with zero attached hydrogens (tertiary/aromatic N) is 1. The molecule has 0 aromatic carbocycles. The van der Waals surface area contributed by atoms with Gasteiger partial charge in [0.2, 0.25) is 0 Å². The third-order valence-electron chi connectivity index (χ3n) is 3.57. The van der Waals surface area contributed by atoms with E-state index in [1.807, 2.05) is 0 Å². The molecule has 1 aliphatic rings. The van der Waals surface area contributed by atoms with Crippen molar-refractivity contribution in [1.29, 1.82) is 5.41 Å². The molecule has 1 saturated heterocycles. The van der Waals surface area contributed by atoms with E-state index in [4.69, 9.17) is 11.1 Å². The molecule has 3 N–H and O–H groups in total. The zero-order valence-corrected chi connectivity index (χ0v) is 10.1. The fourth-order valence-corrected chi connectivity index (χ4v) is 2.55. The lowest BCUT2D eigenvalue weighted by molar-refractivity contribution is 0.121. The number of nitrogens with one attached hydrogen (secondary N) is 1. The van der Waals surface area contributed by atoms with Crippen LogP contribution in [0.1, 0.15) is 46.0 Å². The van der Waals surface area contributed by atoms with Crippen LogP contribution >= 0.6 is 0 Å². The van der Waals surface area contributed by atoms with Gasteiger partial charge < -0.3 is 5.73 Å². The monoisotopic (exact) mass is 211 g/mol. The Hall–Kier alpha value is -0.570. The molecule has 0 aromatic heterocycles. The van der Waals surface area contributed by atoms with Gasteiger partial charge in [0.05, 0.1) is 5.84 Å². The minimum Gasteiger partial charge on any atom is -0.388 e. The van der Waals surface area contributed by atoms with Crippen molar-refractivity contribution >= 4 is 5.84 Å². The Balaban J connectivity index is 2.47. The third-order valence-corrected chi connectivity index (χ3v) is 3.57. The average Bonchev–Trinajstić information content (AvgIpc) is 2.25. The Morgan fingerprint density at radius 2 is 2.27 bits per heavy atom. The maximum Gasteiger partial charge on any atom is 0.0921 e. The van der Waals surface area contributed by atoms with Crippen LogP contribution in [0.3, 0.4) is 0 Å². The van der Waals surface area contributed by atoms with Crippen molar-refractivity contribution in [2.45, 2.75) is 52.0 Å². The molecule has 1 fully saturated rings. The number of hydrogen-bond acceptors (Lipinski definition) is 2. The van der Waals surface area contributed by atoms with E-state index in [1.165, 1.54) is 32.4 Å². The number of piperidine rings is 1. The molecule has 0 saturated carbocycles. The van der Waals surface area contributed by atoms with Gasteiger partial charge in [0.1, 0.15) is 0 Å². The zero-order valence-electron chi connectivity index (χ0n) is 10.1. The molecular formula is C12H25N3. The maximum absolute atomic E-state index is 7.39. The second-order valence-electron chi connectivity index (χ2n) is 4.70. The van der Waals surface area contributed by atoms with Crippen LogP contribution in [0.5, 0.6) is 0 Å². The van der Waals surface area contributed by atoms with Crippen molar-refractivity contribution in [3.63, 3.8) is 0 Å². The van der Waals surface area contributed by atoms with Crippen LogP contribution in [-0.2, 0) is 0 Å². The molecule has 2 unspecified atom stereocenters. The van der Waals surface area contributed by atoms with Crippen molar-refractivity contribution in [2.75, 3.05) is 13.1 Å². The van der Waals surface area contributed by atoms with Crippen LogP contribution in [0.15, 0.2) is 0 Å². The van der Waals surface area contributed by atoms with E-state index < -0.39 is 0 Å². The molecule has 0 aromatic rings. The highest BCUT2D eigenvalue weighted by atomic mass is 15.2. The van der Waals surface area contributed by atoms with E-state index in [0.29, 0.717) is 11.9 Å². The molecule has 0 aliphatic carbocycles. The molecule has 3 heteroatoms. The summed E-state index contributed by atoms with van der Waals surface area (Å²) in [6.45, 7) is 6.88. The van der Waals surface area contributed by atoms with Gasteiger partial charge in [0, 0.05) is 19.0 Å². The summed E-state index contributed by atoms with van der Waals surface area (Å²) in [5.41, 5.74) is 5.50. The van der Waals surface area contributed by atoms with Gasteiger partial charge in [-0.1, -0.05) is 20.3 Å². The van der Waals surface area contributed by atoms with Crippen LogP contribution in [-0.4, -0.2) is 29.9 Å². The fourth-order valence-electron chi connectivity index (χ4n) is 2.55. The lowest BCUT2D eigenvalue weighted by atomic mass is 9.93. The molecule has 3 nitrogen and oxygen atoms in total. The standard InChI is InChI=1S/C12H25N3/c1-3-10-6-5-7-15(9-10)11(4-2)8-12(13)14/h10-11H,3-9H2,1-2H3,(H3,13,14). The highest BCUT2D eigenvalue weighted by Crippen LogP contribution is 2.22. The molecule has 2 atom stereocenters. The smallest absolute Gasteiger partial charge is 0.0921 e. The first-order chi connectivity index (χ1) is 7.17. The van der Waals surface area contributed by atoms with Gasteiger partial charge >= 0.3 is 0 Å². The summed E-state index contributed by atoms with van der Waals surface area (Å²) in [5, 5.41) is 7.39. The SMILES string of the molecule is CCC1CCCN(C(CC)CC(=N)N)C1. The van der Waals surface area contributed by atoms with Crippen LogP contribution in [0.25, 0.3) is 0 Å². The Bertz CT molecular complexity index is 203. The van der Waals surface area contributed by atoms with E-state index in [0.717, 1.165) is 18.8 Å². The number of amidine groups is 1. The largest absolute Gasteiger partial charge is 0.388 e. The normalized spacial score (nSPS) is 25.1. The molecule has 0 spiro atoms. The van der Waals surface area contributed by atoms with E-state index in [9.17, 15) is 0 Å². The van der Waals surface area contributed by atoms with Gasteiger partial charge in [-0.2, -0.15) is 0 Å². The van der Waals surface area contributed by atoms with Crippen LogP contribution in [0, 0.1) is 11.3 Å². The molecular weight excluding hydrogens is 186 g/mol. The number of rotatable bonds is 5. The van der Waals surface area contributed by atoms with Crippen LogP contribution < -0.4 is 5.73 Å². The predicted molar refractivity (Wildman–Crippen MR) is 65.2 cm³/mol. The van der Waals surface area contributed by atoms with Gasteiger partial charge in [-0.05, 0) is 31.7 Å². The van der Waals surface area contributed by atoms with E-state index in [-0.39, 0.29) is 0 Å². The topological polar surface area (TPSA) is 53.1 Å². The van der Waals surface area contributed by atoms with E-state index in [1.54, 1.807) is 0 Å². The molecule has 1 rings (SSSR count). The van der Waals surface area contributed by atoms with Gasteiger partial charge in [-0.3, -0.25) is 10.3 Å². The van der Waals surface area contributed by atoms with Gasteiger partial charge in [-0.15, -0.1) is 0 Å². The summed E-state index contributed by atoms with van der Waals surface area (Å²) in [5.74, 6) is 1.19. The Kier molecular flexibility index (Phi) is 5.09. The summed E-state index contributed by atoms with van der Waals surface area (Å²) in [7, 11) is 0. The molecule has 0 radical (unpaired) electrons. The molecule has 1 heterocycles. The first-order valence-electron chi connectivity index (χ1n) is 6.24.